The smallest absolute Gasteiger partial charge is 0.251 e. The first-order chi connectivity index (χ1) is 8.61. The van der Waals surface area contributed by atoms with Gasteiger partial charge in [-0.1, -0.05) is 25.1 Å². The van der Waals surface area contributed by atoms with Crippen LogP contribution in [-0.4, -0.2) is 20.2 Å². The zero-order valence-electron chi connectivity index (χ0n) is 10.3. The summed E-state index contributed by atoms with van der Waals surface area (Å²) in [5.41, 5.74) is 1.78. The van der Waals surface area contributed by atoms with E-state index in [9.17, 15) is 8.42 Å². The van der Waals surface area contributed by atoms with Crippen molar-refractivity contribution in [2.45, 2.75) is 31.4 Å². The van der Waals surface area contributed by atoms with Crippen LogP contribution in [-0.2, 0) is 16.4 Å². The van der Waals surface area contributed by atoms with Crippen molar-refractivity contribution in [2.24, 2.45) is 0 Å². The fraction of sp³-hybridized carbons (Fsp3) is 0.462. The highest BCUT2D eigenvalue weighted by Gasteiger charge is 2.33. The maximum Gasteiger partial charge on any atom is 0.251 e. The van der Waals surface area contributed by atoms with Gasteiger partial charge in [0.15, 0.2) is 5.25 Å². The Morgan fingerprint density at radius 3 is 2.83 bits per heavy atom. The molecule has 1 unspecified atom stereocenters. The molecule has 0 spiro atoms. The molecular weight excluding hydrogens is 248 g/mol. The molecule has 0 aromatic heterocycles. The molecule has 0 bridgehead atoms. The molecule has 1 aliphatic heterocycles. The van der Waals surface area contributed by atoms with Crippen molar-refractivity contribution >= 4 is 15.7 Å². The highest BCUT2D eigenvalue weighted by Crippen LogP contribution is 2.30. The van der Waals surface area contributed by atoms with Gasteiger partial charge in [0.1, 0.15) is 0 Å². The third-order valence-corrected chi connectivity index (χ3v) is 5.40. The van der Waals surface area contributed by atoms with E-state index in [4.69, 9.17) is 5.26 Å². The lowest BCUT2D eigenvalue weighted by atomic mass is 10.0. The Bertz CT molecular complexity index is 575. The van der Waals surface area contributed by atoms with Crippen LogP contribution in [0, 0.1) is 11.3 Å². The molecule has 0 amide bonds. The third kappa shape index (κ3) is 2.08. The summed E-state index contributed by atoms with van der Waals surface area (Å²) in [7, 11) is -3.57. The van der Waals surface area contributed by atoms with E-state index in [1.807, 2.05) is 30.3 Å². The van der Waals surface area contributed by atoms with E-state index < -0.39 is 15.3 Å². The molecule has 0 saturated carbocycles. The van der Waals surface area contributed by atoms with Gasteiger partial charge in [-0.2, -0.15) is 5.26 Å². The van der Waals surface area contributed by atoms with Crippen LogP contribution < -0.4 is 4.31 Å². The molecule has 18 heavy (non-hydrogen) atoms. The van der Waals surface area contributed by atoms with E-state index in [0.29, 0.717) is 13.0 Å². The van der Waals surface area contributed by atoms with Crippen molar-refractivity contribution in [2.75, 3.05) is 10.8 Å². The lowest BCUT2D eigenvalue weighted by Gasteiger charge is -2.31. The lowest BCUT2D eigenvalue weighted by molar-refractivity contribution is 0.578. The summed E-state index contributed by atoms with van der Waals surface area (Å²) in [5.74, 6) is 0. The van der Waals surface area contributed by atoms with Gasteiger partial charge in [-0.05, 0) is 30.9 Å². The monoisotopic (exact) mass is 264 g/mol. The summed E-state index contributed by atoms with van der Waals surface area (Å²) < 4.78 is 26.2. The van der Waals surface area contributed by atoms with Crippen molar-refractivity contribution in [3.05, 3.63) is 29.8 Å². The second kappa shape index (κ2) is 4.99. The van der Waals surface area contributed by atoms with Crippen LogP contribution in [0.3, 0.4) is 0 Å². The summed E-state index contributed by atoms with van der Waals surface area (Å²) in [5, 5.41) is 8.03. The molecule has 2 rings (SSSR count). The van der Waals surface area contributed by atoms with Crippen LogP contribution in [0.15, 0.2) is 24.3 Å². The largest absolute Gasteiger partial charge is 0.269 e. The first-order valence-corrected chi connectivity index (χ1v) is 7.60. The number of aryl methyl sites for hydroxylation is 1. The second-order valence-electron chi connectivity index (χ2n) is 4.38. The quantitative estimate of drug-likeness (QED) is 0.839. The topological polar surface area (TPSA) is 61.2 Å². The van der Waals surface area contributed by atoms with Crippen molar-refractivity contribution in [3.8, 4) is 6.07 Å². The van der Waals surface area contributed by atoms with Gasteiger partial charge in [0.25, 0.3) is 10.0 Å². The van der Waals surface area contributed by atoms with Gasteiger partial charge in [-0.3, -0.25) is 4.31 Å². The molecule has 0 N–H and O–H groups in total. The van der Waals surface area contributed by atoms with E-state index in [1.54, 1.807) is 6.92 Å². The minimum Gasteiger partial charge on any atom is -0.269 e. The summed E-state index contributed by atoms with van der Waals surface area (Å²) in [6, 6.07) is 9.40. The number of nitrogens with zero attached hydrogens (tertiary/aromatic N) is 2. The van der Waals surface area contributed by atoms with Crippen LogP contribution in [0.25, 0.3) is 0 Å². The molecule has 1 atom stereocenters. The number of hydrogen-bond donors (Lipinski definition) is 0. The van der Waals surface area contributed by atoms with Crippen LogP contribution >= 0.6 is 0 Å². The number of benzene rings is 1. The van der Waals surface area contributed by atoms with E-state index in [-0.39, 0.29) is 0 Å². The average Bonchev–Trinajstić information content (AvgIpc) is 2.39. The Balaban J connectivity index is 2.45. The normalized spacial score (nSPS) is 16.8. The first kappa shape index (κ1) is 12.9. The maximum absolute atomic E-state index is 12.4. The molecule has 1 aromatic rings. The Morgan fingerprint density at radius 1 is 1.44 bits per heavy atom. The van der Waals surface area contributed by atoms with Gasteiger partial charge in [0.2, 0.25) is 0 Å². The van der Waals surface area contributed by atoms with Crippen molar-refractivity contribution in [3.63, 3.8) is 0 Å². The number of hydrogen-bond acceptors (Lipinski definition) is 3. The maximum atomic E-state index is 12.4. The van der Waals surface area contributed by atoms with Gasteiger partial charge in [-0.25, -0.2) is 8.42 Å². The second-order valence-corrected chi connectivity index (χ2v) is 6.42. The van der Waals surface area contributed by atoms with Gasteiger partial charge in [0.05, 0.1) is 11.8 Å². The molecule has 1 aromatic carbocycles. The molecule has 4 nitrogen and oxygen atoms in total. The fourth-order valence-electron chi connectivity index (χ4n) is 2.29. The van der Waals surface area contributed by atoms with E-state index in [2.05, 4.69) is 0 Å². The van der Waals surface area contributed by atoms with Crippen LogP contribution in [0.1, 0.15) is 25.3 Å². The molecule has 1 heterocycles. The van der Waals surface area contributed by atoms with E-state index >= 15 is 0 Å². The van der Waals surface area contributed by atoms with E-state index in [0.717, 1.165) is 24.1 Å². The zero-order valence-corrected chi connectivity index (χ0v) is 11.2. The van der Waals surface area contributed by atoms with Crippen LogP contribution in [0.5, 0.6) is 0 Å². The highest BCUT2D eigenvalue weighted by molar-refractivity contribution is 7.93. The van der Waals surface area contributed by atoms with Crippen molar-refractivity contribution in [1.29, 1.82) is 5.26 Å². The predicted molar refractivity (Wildman–Crippen MR) is 70.7 cm³/mol. The number of rotatable bonds is 3. The lowest BCUT2D eigenvalue weighted by Crippen LogP contribution is -2.41. The highest BCUT2D eigenvalue weighted by atomic mass is 32.2. The third-order valence-electron chi connectivity index (χ3n) is 3.25. The summed E-state index contributed by atoms with van der Waals surface area (Å²) >= 11 is 0. The number of anilines is 1. The predicted octanol–water partition coefficient (Wildman–Crippen LogP) is 2.07. The molecule has 1 aliphatic rings. The van der Waals surface area contributed by atoms with Crippen LogP contribution in [0.4, 0.5) is 5.69 Å². The number of para-hydroxylation sites is 1. The Kier molecular flexibility index (Phi) is 3.58. The average molecular weight is 264 g/mol. The van der Waals surface area contributed by atoms with E-state index in [1.165, 1.54) is 4.31 Å². The Morgan fingerprint density at radius 2 is 2.17 bits per heavy atom. The van der Waals surface area contributed by atoms with Gasteiger partial charge in [0, 0.05) is 6.54 Å². The summed E-state index contributed by atoms with van der Waals surface area (Å²) in [6.07, 6.45) is 2.02. The molecule has 0 saturated heterocycles. The standard InChI is InChI=1S/C13H16N2O2S/c1-2-12(10-14)18(16,17)15-9-5-7-11-6-3-4-8-13(11)15/h3-4,6,8,12H,2,5,7,9H2,1H3. The minimum absolute atomic E-state index is 0.317. The molecular formula is C13H16N2O2S. The Hall–Kier alpha value is -1.54. The Labute approximate surface area is 108 Å². The molecule has 5 heteroatoms. The molecule has 0 aliphatic carbocycles. The van der Waals surface area contributed by atoms with Crippen LogP contribution in [0.2, 0.25) is 0 Å². The van der Waals surface area contributed by atoms with Crippen molar-refractivity contribution < 1.29 is 8.42 Å². The first-order valence-electron chi connectivity index (χ1n) is 6.10. The molecule has 0 radical (unpaired) electrons. The summed E-state index contributed by atoms with van der Waals surface area (Å²) in [6.45, 7) is 2.19. The van der Waals surface area contributed by atoms with Gasteiger partial charge < -0.3 is 0 Å². The zero-order chi connectivity index (χ0) is 13.2. The number of nitriles is 1. The molecule has 0 fully saturated rings. The molecule has 96 valence electrons. The fourth-order valence-corrected chi connectivity index (χ4v) is 3.98. The van der Waals surface area contributed by atoms with Crippen molar-refractivity contribution in [1.82, 2.24) is 0 Å². The van der Waals surface area contributed by atoms with Gasteiger partial charge in [-0.15, -0.1) is 0 Å². The number of sulfonamides is 1. The van der Waals surface area contributed by atoms with Gasteiger partial charge >= 0.3 is 0 Å². The minimum atomic E-state index is -3.57. The number of fused-ring (bicyclic) bond motifs is 1. The summed E-state index contributed by atoms with van der Waals surface area (Å²) in [4.78, 5) is 0. The SMILES string of the molecule is CCC(C#N)S(=O)(=O)N1CCCc2ccccc21.